The molecule has 1 rings (SSSR count). The number of rotatable bonds is 8. The second-order valence-corrected chi connectivity index (χ2v) is 5.09. The third-order valence-electron chi connectivity index (χ3n) is 2.94. The van der Waals surface area contributed by atoms with E-state index in [1.165, 1.54) is 18.2 Å². The second kappa shape index (κ2) is 8.52. The Balaban J connectivity index is 2.68. The summed E-state index contributed by atoms with van der Waals surface area (Å²) in [7, 11) is 0. The number of carbonyl (C=O) groups excluding carboxylic acids is 1. The van der Waals surface area contributed by atoms with E-state index in [4.69, 9.17) is 21.4 Å². The first kappa shape index (κ1) is 17.3. The fourth-order valence-electron chi connectivity index (χ4n) is 1.76. The van der Waals surface area contributed by atoms with Crippen molar-refractivity contribution in [3.8, 4) is 5.75 Å². The number of amides is 1. The summed E-state index contributed by atoms with van der Waals surface area (Å²) in [6.07, 6.45) is 2.21. The van der Waals surface area contributed by atoms with Crippen LogP contribution in [0.15, 0.2) is 18.2 Å². The SMILES string of the molecule is CCCCCNC(=O)C(C)Oc1c(Cl)cccc1C(=O)O. The van der Waals surface area contributed by atoms with Gasteiger partial charge in [0.15, 0.2) is 11.9 Å². The minimum Gasteiger partial charge on any atom is -0.478 e. The predicted octanol–water partition coefficient (Wildman–Crippen LogP) is 3.11. The quantitative estimate of drug-likeness (QED) is 0.723. The Morgan fingerprint density at radius 3 is 2.71 bits per heavy atom. The van der Waals surface area contributed by atoms with Crippen LogP contribution in [-0.4, -0.2) is 29.6 Å². The first-order valence-electron chi connectivity index (χ1n) is 6.93. The molecule has 0 spiro atoms. The van der Waals surface area contributed by atoms with Gasteiger partial charge < -0.3 is 15.2 Å². The molecule has 116 valence electrons. The van der Waals surface area contributed by atoms with E-state index in [1.807, 2.05) is 0 Å². The number of hydrogen-bond donors (Lipinski definition) is 2. The van der Waals surface area contributed by atoms with Gasteiger partial charge in [-0.15, -0.1) is 0 Å². The van der Waals surface area contributed by atoms with E-state index in [-0.39, 0.29) is 22.2 Å². The first-order valence-corrected chi connectivity index (χ1v) is 7.31. The van der Waals surface area contributed by atoms with Gasteiger partial charge in [0.25, 0.3) is 5.91 Å². The van der Waals surface area contributed by atoms with Crippen LogP contribution < -0.4 is 10.1 Å². The van der Waals surface area contributed by atoms with Gasteiger partial charge in [0, 0.05) is 6.54 Å². The molecular weight excluding hydrogens is 294 g/mol. The summed E-state index contributed by atoms with van der Waals surface area (Å²) in [5.74, 6) is -1.42. The second-order valence-electron chi connectivity index (χ2n) is 4.68. The van der Waals surface area contributed by atoms with E-state index < -0.39 is 12.1 Å². The summed E-state index contributed by atoms with van der Waals surface area (Å²) in [6, 6.07) is 4.43. The normalized spacial score (nSPS) is 11.8. The van der Waals surface area contributed by atoms with Crippen LogP contribution in [-0.2, 0) is 4.79 Å². The molecule has 2 N–H and O–H groups in total. The van der Waals surface area contributed by atoms with Crippen LogP contribution in [0.4, 0.5) is 0 Å². The van der Waals surface area contributed by atoms with E-state index >= 15 is 0 Å². The zero-order valence-electron chi connectivity index (χ0n) is 12.2. The molecule has 0 bridgehead atoms. The molecule has 0 aliphatic carbocycles. The zero-order valence-corrected chi connectivity index (χ0v) is 12.9. The highest BCUT2D eigenvalue weighted by Crippen LogP contribution is 2.29. The highest BCUT2D eigenvalue weighted by atomic mass is 35.5. The van der Waals surface area contributed by atoms with Gasteiger partial charge in [0.05, 0.1) is 5.02 Å². The van der Waals surface area contributed by atoms with E-state index in [1.54, 1.807) is 6.92 Å². The summed E-state index contributed by atoms with van der Waals surface area (Å²) < 4.78 is 5.43. The van der Waals surface area contributed by atoms with Gasteiger partial charge in [-0.25, -0.2) is 4.79 Å². The first-order chi connectivity index (χ1) is 9.97. The lowest BCUT2D eigenvalue weighted by Gasteiger charge is -2.17. The van der Waals surface area contributed by atoms with Crippen LogP contribution in [0, 0.1) is 0 Å². The standard InChI is InChI=1S/C15H20ClNO4/c1-3-4-5-9-17-14(18)10(2)21-13-11(15(19)20)7-6-8-12(13)16/h6-8,10H,3-5,9H2,1-2H3,(H,17,18)(H,19,20). The van der Waals surface area contributed by atoms with Crippen LogP contribution in [0.2, 0.25) is 5.02 Å². The van der Waals surface area contributed by atoms with Gasteiger partial charge >= 0.3 is 5.97 Å². The van der Waals surface area contributed by atoms with Crippen molar-refractivity contribution in [2.24, 2.45) is 0 Å². The van der Waals surface area contributed by atoms with Crippen LogP contribution in [0.5, 0.6) is 5.75 Å². The lowest BCUT2D eigenvalue weighted by atomic mass is 10.2. The van der Waals surface area contributed by atoms with Crippen molar-refractivity contribution in [1.29, 1.82) is 0 Å². The third kappa shape index (κ3) is 5.27. The molecule has 21 heavy (non-hydrogen) atoms. The molecule has 0 radical (unpaired) electrons. The Labute approximate surface area is 129 Å². The Bertz CT molecular complexity index is 504. The zero-order chi connectivity index (χ0) is 15.8. The Morgan fingerprint density at radius 2 is 2.10 bits per heavy atom. The molecule has 0 aliphatic rings. The van der Waals surface area contributed by atoms with Gasteiger partial charge in [-0.2, -0.15) is 0 Å². The van der Waals surface area contributed by atoms with Gasteiger partial charge in [-0.05, 0) is 25.5 Å². The number of ether oxygens (including phenoxy) is 1. The van der Waals surface area contributed by atoms with Crippen molar-refractivity contribution >= 4 is 23.5 Å². The molecule has 6 heteroatoms. The van der Waals surface area contributed by atoms with E-state index in [9.17, 15) is 9.59 Å². The molecule has 1 atom stereocenters. The van der Waals surface area contributed by atoms with Crippen LogP contribution in [0.3, 0.4) is 0 Å². The molecule has 0 fully saturated rings. The van der Waals surface area contributed by atoms with E-state index in [0.717, 1.165) is 19.3 Å². The number of unbranched alkanes of at least 4 members (excludes halogenated alkanes) is 2. The number of carboxylic acid groups (broad SMARTS) is 1. The Kier molecular flexibility index (Phi) is 7.02. The largest absolute Gasteiger partial charge is 0.478 e. The Hall–Kier alpha value is -1.75. The van der Waals surface area contributed by atoms with Crippen molar-refractivity contribution < 1.29 is 19.4 Å². The molecule has 0 saturated carbocycles. The molecule has 1 aromatic rings. The van der Waals surface area contributed by atoms with Crippen molar-refractivity contribution in [1.82, 2.24) is 5.32 Å². The molecule has 0 saturated heterocycles. The predicted molar refractivity (Wildman–Crippen MR) is 81.0 cm³/mol. The fraction of sp³-hybridized carbons (Fsp3) is 0.467. The number of carboxylic acids is 1. The lowest BCUT2D eigenvalue weighted by Crippen LogP contribution is -2.37. The minimum absolute atomic E-state index is 0.0166. The number of aromatic carboxylic acids is 1. The van der Waals surface area contributed by atoms with E-state index in [0.29, 0.717) is 6.54 Å². The van der Waals surface area contributed by atoms with Crippen molar-refractivity contribution in [3.05, 3.63) is 28.8 Å². The molecule has 0 aliphatic heterocycles. The lowest BCUT2D eigenvalue weighted by molar-refractivity contribution is -0.127. The van der Waals surface area contributed by atoms with Crippen molar-refractivity contribution in [2.45, 2.75) is 39.2 Å². The number of carbonyl (C=O) groups is 2. The highest BCUT2D eigenvalue weighted by molar-refractivity contribution is 6.32. The molecule has 0 aromatic heterocycles. The van der Waals surface area contributed by atoms with Gasteiger partial charge in [0.2, 0.25) is 0 Å². The number of halogens is 1. The monoisotopic (exact) mass is 313 g/mol. The molecular formula is C15H20ClNO4. The third-order valence-corrected chi connectivity index (χ3v) is 3.24. The average Bonchev–Trinajstić information content (AvgIpc) is 2.45. The maximum absolute atomic E-state index is 11.9. The van der Waals surface area contributed by atoms with Gasteiger partial charge in [-0.3, -0.25) is 4.79 Å². The van der Waals surface area contributed by atoms with Gasteiger partial charge in [0.1, 0.15) is 5.56 Å². The number of hydrogen-bond acceptors (Lipinski definition) is 3. The molecule has 1 amide bonds. The molecule has 5 nitrogen and oxygen atoms in total. The summed E-state index contributed by atoms with van der Waals surface area (Å²) in [5.41, 5.74) is -0.0619. The molecule has 1 aromatic carbocycles. The van der Waals surface area contributed by atoms with Crippen LogP contribution in [0.1, 0.15) is 43.5 Å². The molecule has 1 unspecified atom stereocenters. The maximum Gasteiger partial charge on any atom is 0.339 e. The smallest absolute Gasteiger partial charge is 0.339 e. The topological polar surface area (TPSA) is 75.6 Å². The number of benzene rings is 1. The Morgan fingerprint density at radius 1 is 1.38 bits per heavy atom. The van der Waals surface area contributed by atoms with Crippen LogP contribution in [0.25, 0.3) is 0 Å². The minimum atomic E-state index is -1.15. The summed E-state index contributed by atoms with van der Waals surface area (Å²) in [5, 5.41) is 12.0. The fourth-order valence-corrected chi connectivity index (χ4v) is 1.98. The number of para-hydroxylation sites is 1. The van der Waals surface area contributed by atoms with E-state index in [2.05, 4.69) is 12.2 Å². The van der Waals surface area contributed by atoms with Crippen molar-refractivity contribution in [2.75, 3.05) is 6.54 Å². The summed E-state index contributed by atoms with van der Waals surface area (Å²) in [6.45, 7) is 4.22. The van der Waals surface area contributed by atoms with Crippen molar-refractivity contribution in [3.63, 3.8) is 0 Å². The van der Waals surface area contributed by atoms with Gasteiger partial charge in [-0.1, -0.05) is 37.4 Å². The highest BCUT2D eigenvalue weighted by Gasteiger charge is 2.20. The maximum atomic E-state index is 11.9. The average molecular weight is 314 g/mol. The molecule has 0 heterocycles. The summed E-state index contributed by atoms with van der Waals surface area (Å²) in [4.78, 5) is 23.0. The van der Waals surface area contributed by atoms with Crippen LogP contribution >= 0.6 is 11.6 Å². The number of nitrogens with one attached hydrogen (secondary N) is 1. The summed E-state index contributed by atoms with van der Waals surface area (Å²) >= 11 is 5.95.